The molecule has 76 valence electrons. The second kappa shape index (κ2) is 5.19. The molecule has 2 N–H and O–H groups in total. The van der Waals surface area contributed by atoms with Crippen LogP contribution in [0.5, 0.6) is 0 Å². The summed E-state index contributed by atoms with van der Waals surface area (Å²) in [4.78, 5) is 13.1. The third kappa shape index (κ3) is 3.32. The Hall–Kier alpha value is -0.610. The Labute approximate surface area is 79.0 Å². The van der Waals surface area contributed by atoms with Crippen LogP contribution in [0.25, 0.3) is 0 Å². The average molecular weight is 186 g/mol. The SMILES string of the molecule is CCCC(N)CN1CCOCC1=O. The minimum atomic E-state index is 0.0674. The van der Waals surface area contributed by atoms with Gasteiger partial charge in [0.05, 0.1) is 6.61 Å². The molecule has 13 heavy (non-hydrogen) atoms. The Kier molecular flexibility index (Phi) is 4.18. The quantitative estimate of drug-likeness (QED) is 0.671. The Morgan fingerprint density at radius 1 is 1.69 bits per heavy atom. The maximum atomic E-state index is 11.3. The molecule has 0 aromatic rings. The lowest BCUT2D eigenvalue weighted by Gasteiger charge is -2.29. The Bertz CT molecular complexity index is 173. The van der Waals surface area contributed by atoms with E-state index in [9.17, 15) is 4.79 Å². The molecule has 1 fully saturated rings. The number of nitrogens with zero attached hydrogens (tertiary/aromatic N) is 1. The predicted molar refractivity (Wildman–Crippen MR) is 50.3 cm³/mol. The predicted octanol–water partition coefficient (Wildman–Crippen LogP) is -0.0274. The first kappa shape index (κ1) is 10.5. The van der Waals surface area contributed by atoms with E-state index in [-0.39, 0.29) is 18.6 Å². The van der Waals surface area contributed by atoms with Gasteiger partial charge in [0.25, 0.3) is 0 Å². The van der Waals surface area contributed by atoms with E-state index in [4.69, 9.17) is 10.5 Å². The monoisotopic (exact) mass is 186 g/mol. The lowest BCUT2D eigenvalue weighted by Crippen LogP contribution is -2.47. The third-order valence-corrected chi connectivity index (χ3v) is 2.20. The number of nitrogens with two attached hydrogens (primary N) is 1. The van der Waals surface area contributed by atoms with Gasteiger partial charge in [-0.15, -0.1) is 0 Å². The minimum absolute atomic E-state index is 0.0674. The number of morpholine rings is 1. The molecule has 0 aromatic heterocycles. The number of rotatable bonds is 4. The van der Waals surface area contributed by atoms with Crippen LogP contribution >= 0.6 is 0 Å². The van der Waals surface area contributed by atoms with Gasteiger partial charge in [0, 0.05) is 19.1 Å². The number of ether oxygens (including phenoxy) is 1. The molecular weight excluding hydrogens is 168 g/mol. The van der Waals surface area contributed by atoms with Crippen LogP contribution in [-0.2, 0) is 9.53 Å². The molecule has 1 saturated heterocycles. The highest BCUT2D eigenvalue weighted by atomic mass is 16.5. The Morgan fingerprint density at radius 2 is 2.46 bits per heavy atom. The summed E-state index contributed by atoms with van der Waals surface area (Å²) in [6.45, 7) is 4.33. The first-order valence-corrected chi connectivity index (χ1v) is 4.85. The second-order valence-electron chi connectivity index (χ2n) is 3.44. The van der Waals surface area contributed by atoms with Gasteiger partial charge in [-0.25, -0.2) is 0 Å². The molecule has 0 aliphatic carbocycles. The van der Waals surface area contributed by atoms with E-state index in [1.807, 2.05) is 0 Å². The van der Waals surface area contributed by atoms with Gasteiger partial charge >= 0.3 is 0 Å². The van der Waals surface area contributed by atoms with E-state index < -0.39 is 0 Å². The molecule has 1 aliphatic heterocycles. The molecular formula is C9H18N2O2. The van der Waals surface area contributed by atoms with Crippen molar-refractivity contribution in [2.24, 2.45) is 5.73 Å². The summed E-state index contributed by atoms with van der Waals surface area (Å²) in [6.07, 6.45) is 2.05. The highest BCUT2D eigenvalue weighted by Crippen LogP contribution is 2.02. The van der Waals surface area contributed by atoms with E-state index in [2.05, 4.69) is 6.92 Å². The molecule has 0 radical (unpaired) electrons. The van der Waals surface area contributed by atoms with Crippen LogP contribution in [0.2, 0.25) is 0 Å². The zero-order chi connectivity index (χ0) is 9.68. The van der Waals surface area contributed by atoms with Crippen molar-refractivity contribution in [3.05, 3.63) is 0 Å². The van der Waals surface area contributed by atoms with Crippen LogP contribution in [0.1, 0.15) is 19.8 Å². The number of hydrogen-bond acceptors (Lipinski definition) is 3. The third-order valence-electron chi connectivity index (χ3n) is 2.20. The van der Waals surface area contributed by atoms with Gasteiger partial charge in [-0.2, -0.15) is 0 Å². The molecule has 1 amide bonds. The Balaban J connectivity index is 2.29. The normalized spacial score (nSPS) is 20.5. The van der Waals surface area contributed by atoms with Crippen molar-refractivity contribution in [2.75, 3.05) is 26.3 Å². The molecule has 4 nitrogen and oxygen atoms in total. The van der Waals surface area contributed by atoms with Crippen molar-refractivity contribution in [1.29, 1.82) is 0 Å². The van der Waals surface area contributed by atoms with E-state index in [1.165, 1.54) is 0 Å². The van der Waals surface area contributed by atoms with Crippen LogP contribution in [-0.4, -0.2) is 43.2 Å². The second-order valence-corrected chi connectivity index (χ2v) is 3.44. The van der Waals surface area contributed by atoms with Gasteiger partial charge in [0.15, 0.2) is 0 Å². The van der Waals surface area contributed by atoms with Crippen molar-refractivity contribution in [3.8, 4) is 0 Å². The van der Waals surface area contributed by atoms with Crippen LogP contribution in [0.15, 0.2) is 0 Å². The maximum Gasteiger partial charge on any atom is 0.248 e. The fourth-order valence-corrected chi connectivity index (χ4v) is 1.49. The maximum absolute atomic E-state index is 11.3. The molecule has 1 heterocycles. The summed E-state index contributed by atoms with van der Waals surface area (Å²) in [7, 11) is 0. The van der Waals surface area contributed by atoms with Crippen molar-refractivity contribution < 1.29 is 9.53 Å². The zero-order valence-corrected chi connectivity index (χ0v) is 8.16. The molecule has 1 aliphatic rings. The van der Waals surface area contributed by atoms with Crippen molar-refractivity contribution in [1.82, 2.24) is 4.90 Å². The van der Waals surface area contributed by atoms with Crippen LogP contribution < -0.4 is 5.73 Å². The standard InChI is InChI=1S/C9H18N2O2/c1-2-3-8(10)6-11-4-5-13-7-9(11)12/h8H,2-7,10H2,1H3. The largest absolute Gasteiger partial charge is 0.370 e. The van der Waals surface area contributed by atoms with Gasteiger partial charge in [0.2, 0.25) is 5.91 Å². The molecule has 1 atom stereocenters. The summed E-state index contributed by atoms with van der Waals surface area (Å²) >= 11 is 0. The van der Waals surface area contributed by atoms with Crippen molar-refractivity contribution >= 4 is 5.91 Å². The van der Waals surface area contributed by atoms with Crippen molar-refractivity contribution in [3.63, 3.8) is 0 Å². The molecule has 0 bridgehead atoms. The van der Waals surface area contributed by atoms with Crippen LogP contribution in [0.4, 0.5) is 0 Å². The van der Waals surface area contributed by atoms with Crippen LogP contribution in [0.3, 0.4) is 0 Å². The van der Waals surface area contributed by atoms with E-state index in [0.717, 1.165) is 12.8 Å². The van der Waals surface area contributed by atoms with Gasteiger partial charge < -0.3 is 15.4 Å². The lowest BCUT2D eigenvalue weighted by atomic mass is 10.1. The fraction of sp³-hybridized carbons (Fsp3) is 0.889. The summed E-state index contributed by atoms with van der Waals surface area (Å²) in [5, 5.41) is 0. The minimum Gasteiger partial charge on any atom is -0.370 e. The first-order chi connectivity index (χ1) is 6.24. The molecule has 1 rings (SSSR count). The first-order valence-electron chi connectivity index (χ1n) is 4.85. The number of amides is 1. The fourth-order valence-electron chi connectivity index (χ4n) is 1.49. The molecule has 1 unspecified atom stereocenters. The molecule has 4 heteroatoms. The van der Waals surface area contributed by atoms with E-state index in [1.54, 1.807) is 4.90 Å². The smallest absolute Gasteiger partial charge is 0.248 e. The van der Waals surface area contributed by atoms with Crippen LogP contribution in [0, 0.1) is 0 Å². The van der Waals surface area contributed by atoms with Crippen molar-refractivity contribution in [2.45, 2.75) is 25.8 Å². The Morgan fingerprint density at radius 3 is 3.08 bits per heavy atom. The number of carbonyl (C=O) groups is 1. The summed E-state index contributed by atoms with van der Waals surface area (Å²) < 4.78 is 5.02. The van der Waals surface area contributed by atoms with E-state index in [0.29, 0.717) is 19.7 Å². The molecule has 0 saturated carbocycles. The van der Waals surface area contributed by atoms with Gasteiger partial charge in [0.1, 0.15) is 6.61 Å². The summed E-state index contributed by atoms with van der Waals surface area (Å²) in [5.74, 6) is 0.0674. The topological polar surface area (TPSA) is 55.6 Å². The highest BCUT2D eigenvalue weighted by Gasteiger charge is 2.19. The number of hydrogen-bond donors (Lipinski definition) is 1. The zero-order valence-electron chi connectivity index (χ0n) is 8.16. The lowest BCUT2D eigenvalue weighted by molar-refractivity contribution is -0.142. The van der Waals surface area contributed by atoms with Gasteiger partial charge in [-0.05, 0) is 6.42 Å². The van der Waals surface area contributed by atoms with Gasteiger partial charge in [-0.1, -0.05) is 13.3 Å². The molecule has 0 aromatic carbocycles. The summed E-state index contributed by atoms with van der Waals surface area (Å²) in [5.41, 5.74) is 5.84. The number of carbonyl (C=O) groups excluding carboxylic acids is 1. The average Bonchev–Trinajstić information content (AvgIpc) is 2.09. The van der Waals surface area contributed by atoms with E-state index >= 15 is 0 Å². The molecule has 0 spiro atoms. The van der Waals surface area contributed by atoms with Gasteiger partial charge in [-0.3, -0.25) is 4.79 Å². The summed E-state index contributed by atoms with van der Waals surface area (Å²) in [6, 6.07) is 0.118. The highest BCUT2D eigenvalue weighted by molar-refractivity contribution is 5.78.